The molecule has 1 heterocycles. The van der Waals surface area contributed by atoms with Crippen LogP contribution in [0.2, 0.25) is 0 Å². The van der Waals surface area contributed by atoms with Gasteiger partial charge in [-0.2, -0.15) is 0 Å². The number of hydrogen-bond donors (Lipinski definition) is 1. The van der Waals surface area contributed by atoms with Gasteiger partial charge in [0, 0.05) is 12.5 Å². The van der Waals surface area contributed by atoms with E-state index in [2.05, 4.69) is 0 Å². The highest BCUT2D eigenvalue weighted by Crippen LogP contribution is 2.29. The second-order valence-electron chi connectivity index (χ2n) is 3.40. The first-order valence-corrected chi connectivity index (χ1v) is 5.97. The lowest BCUT2D eigenvalue weighted by Gasteiger charge is -2.19. The smallest absolute Gasteiger partial charge is 0.242 e. The van der Waals surface area contributed by atoms with Gasteiger partial charge in [-0.3, -0.25) is 0 Å². The van der Waals surface area contributed by atoms with E-state index in [9.17, 15) is 17.2 Å². The fourth-order valence-electron chi connectivity index (χ4n) is 1.66. The van der Waals surface area contributed by atoms with E-state index in [0.29, 0.717) is 6.42 Å². The number of sulfone groups is 1. The Hall–Kier alpha value is -0.230. The second kappa shape index (κ2) is 3.88. The van der Waals surface area contributed by atoms with Gasteiger partial charge < -0.3 is 5.73 Å². The number of nitrogens with two attached hydrogens (primary N) is 1. The molecule has 0 radical (unpaired) electrons. The van der Waals surface area contributed by atoms with E-state index < -0.39 is 28.1 Å². The number of halogens is 2. The van der Waals surface area contributed by atoms with Crippen LogP contribution in [0.4, 0.5) is 8.78 Å². The molecule has 2 unspecified atom stereocenters. The Morgan fingerprint density at radius 2 is 2.08 bits per heavy atom. The van der Waals surface area contributed by atoms with Gasteiger partial charge in [0.15, 0.2) is 9.84 Å². The molecule has 2 N–H and O–H groups in total. The molecule has 2 atom stereocenters. The highest BCUT2D eigenvalue weighted by atomic mass is 32.2. The van der Waals surface area contributed by atoms with Crippen LogP contribution in [0, 0.1) is 11.8 Å². The largest absolute Gasteiger partial charge is 0.330 e. The molecule has 0 aromatic rings. The average molecular weight is 213 g/mol. The van der Waals surface area contributed by atoms with Crippen LogP contribution in [0.15, 0.2) is 0 Å². The van der Waals surface area contributed by atoms with Gasteiger partial charge in [0.05, 0.1) is 11.5 Å². The van der Waals surface area contributed by atoms with Crippen molar-refractivity contribution < 1.29 is 17.2 Å². The molecule has 0 aromatic heterocycles. The van der Waals surface area contributed by atoms with Crippen molar-refractivity contribution in [2.24, 2.45) is 17.6 Å². The standard InChI is InChI=1S/C7H13F2NO2S/c8-7(9)6(3-10)5-1-2-13(11,12)4-5/h5-7H,1-4,10H2. The molecule has 1 aliphatic heterocycles. The van der Waals surface area contributed by atoms with Gasteiger partial charge in [-0.25, -0.2) is 17.2 Å². The topological polar surface area (TPSA) is 60.2 Å². The van der Waals surface area contributed by atoms with Crippen molar-refractivity contribution in [2.45, 2.75) is 12.8 Å². The first-order valence-electron chi connectivity index (χ1n) is 4.15. The van der Waals surface area contributed by atoms with Crippen LogP contribution in [-0.2, 0) is 9.84 Å². The summed E-state index contributed by atoms with van der Waals surface area (Å²) in [6.45, 7) is -0.141. The van der Waals surface area contributed by atoms with E-state index in [1.807, 2.05) is 0 Å². The minimum absolute atomic E-state index is 0.0287. The second-order valence-corrected chi connectivity index (χ2v) is 5.63. The van der Waals surface area contributed by atoms with Gasteiger partial charge >= 0.3 is 0 Å². The lowest BCUT2D eigenvalue weighted by Crippen LogP contribution is -2.30. The van der Waals surface area contributed by atoms with Crippen LogP contribution < -0.4 is 5.73 Å². The Kier molecular flexibility index (Phi) is 3.23. The van der Waals surface area contributed by atoms with Crippen molar-refractivity contribution in [2.75, 3.05) is 18.1 Å². The predicted molar refractivity (Wildman–Crippen MR) is 45.3 cm³/mol. The van der Waals surface area contributed by atoms with Crippen molar-refractivity contribution in [3.63, 3.8) is 0 Å². The molecule has 1 rings (SSSR count). The zero-order valence-corrected chi connectivity index (χ0v) is 7.93. The molecule has 0 saturated carbocycles. The van der Waals surface area contributed by atoms with Crippen molar-refractivity contribution in [1.29, 1.82) is 0 Å². The molecule has 1 saturated heterocycles. The van der Waals surface area contributed by atoms with Gasteiger partial charge in [0.25, 0.3) is 0 Å². The summed E-state index contributed by atoms with van der Waals surface area (Å²) in [5, 5.41) is 0. The molecule has 0 amide bonds. The van der Waals surface area contributed by atoms with E-state index >= 15 is 0 Å². The number of rotatable bonds is 3. The highest BCUT2D eigenvalue weighted by Gasteiger charge is 2.37. The third-order valence-electron chi connectivity index (χ3n) is 2.47. The molecule has 78 valence electrons. The Bertz CT molecular complexity index is 266. The Balaban J connectivity index is 2.63. The number of hydrogen-bond acceptors (Lipinski definition) is 3. The molecule has 1 aliphatic rings. The molecular weight excluding hydrogens is 200 g/mol. The predicted octanol–water partition coefficient (Wildman–Crippen LogP) is 0.261. The molecule has 13 heavy (non-hydrogen) atoms. The Morgan fingerprint density at radius 1 is 1.46 bits per heavy atom. The summed E-state index contributed by atoms with van der Waals surface area (Å²) in [4.78, 5) is 0. The van der Waals surface area contributed by atoms with Crippen molar-refractivity contribution in [3.8, 4) is 0 Å². The first-order chi connectivity index (χ1) is 5.96. The third-order valence-corrected chi connectivity index (χ3v) is 4.26. The van der Waals surface area contributed by atoms with Gasteiger partial charge in [-0.1, -0.05) is 0 Å². The van der Waals surface area contributed by atoms with E-state index in [0.717, 1.165) is 0 Å². The normalized spacial score (nSPS) is 29.4. The summed E-state index contributed by atoms with van der Waals surface area (Å²) in [6, 6.07) is 0. The molecule has 6 heteroatoms. The fourth-order valence-corrected chi connectivity index (χ4v) is 3.56. The van der Waals surface area contributed by atoms with Crippen LogP contribution in [0.1, 0.15) is 6.42 Å². The Morgan fingerprint density at radius 3 is 2.38 bits per heavy atom. The maximum Gasteiger partial charge on any atom is 0.242 e. The Labute approximate surface area is 76.2 Å². The van der Waals surface area contributed by atoms with Crippen LogP contribution in [0.3, 0.4) is 0 Å². The summed E-state index contributed by atoms with van der Waals surface area (Å²) < 4.78 is 46.7. The van der Waals surface area contributed by atoms with Crippen LogP contribution in [-0.4, -0.2) is 32.9 Å². The zero-order valence-electron chi connectivity index (χ0n) is 7.12. The molecule has 3 nitrogen and oxygen atoms in total. The molecule has 0 bridgehead atoms. The highest BCUT2D eigenvalue weighted by molar-refractivity contribution is 7.91. The van der Waals surface area contributed by atoms with Crippen molar-refractivity contribution in [1.82, 2.24) is 0 Å². The average Bonchev–Trinajstić information content (AvgIpc) is 2.31. The van der Waals surface area contributed by atoms with E-state index in [1.54, 1.807) is 0 Å². The molecule has 0 aliphatic carbocycles. The maximum absolute atomic E-state index is 12.3. The summed E-state index contributed by atoms with van der Waals surface area (Å²) in [5.41, 5.74) is 5.17. The van der Waals surface area contributed by atoms with Crippen molar-refractivity contribution >= 4 is 9.84 Å². The maximum atomic E-state index is 12.3. The first kappa shape index (κ1) is 10.8. The van der Waals surface area contributed by atoms with Gasteiger partial charge in [-0.15, -0.1) is 0 Å². The minimum atomic E-state index is -3.07. The quantitative estimate of drug-likeness (QED) is 0.731. The van der Waals surface area contributed by atoms with E-state index in [-0.39, 0.29) is 18.1 Å². The summed E-state index contributed by atoms with van der Waals surface area (Å²) >= 11 is 0. The van der Waals surface area contributed by atoms with E-state index in [1.165, 1.54) is 0 Å². The summed E-state index contributed by atoms with van der Waals surface area (Å²) in [5.74, 6) is -1.51. The van der Waals surface area contributed by atoms with Gasteiger partial charge in [-0.05, 0) is 12.3 Å². The SMILES string of the molecule is NCC(C(F)F)C1CCS(=O)(=O)C1. The van der Waals surface area contributed by atoms with Crippen LogP contribution in [0.25, 0.3) is 0 Å². The molecule has 0 spiro atoms. The molecule has 0 aromatic carbocycles. The zero-order chi connectivity index (χ0) is 10.1. The number of alkyl halides is 2. The summed E-state index contributed by atoms with van der Waals surface area (Å²) in [7, 11) is -3.07. The van der Waals surface area contributed by atoms with Gasteiger partial charge in [0.1, 0.15) is 0 Å². The molecular formula is C7H13F2NO2S. The third kappa shape index (κ3) is 2.60. The van der Waals surface area contributed by atoms with Crippen molar-refractivity contribution in [3.05, 3.63) is 0 Å². The molecule has 1 fully saturated rings. The monoisotopic (exact) mass is 213 g/mol. The fraction of sp³-hybridized carbons (Fsp3) is 1.00. The summed E-state index contributed by atoms with van der Waals surface area (Å²) in [6.07, 6.45) is -2.18. The minimum Gasteiger partial charge on any atom is -0.330 e. The van der Waals surface area contributed by atoms with Crippen LogP contribution in [0.5, 0.6) is 0 Å². The van der Waals surface area contributed by atoms with Gasteiger partial charge in [0.2, 0.25) is 6.43 Å². The lowest BCUT2D eigenvalue weighted by atomic mass is 9.92. The van der Waals surface area contributed by atoms with Crippen LogP contribution >= 0.6 is 0 Å². The van der Waals surface area contributed by atoms with E-state index in [4.69, 9.17) is 5.73 Å². The lowest BCUT2D eigenvalue weighted by molar-refractivity contribution is 0.0542.